The van der Waals surface area contributed by atoms with Gasteiger partial charge in [-0.05, 0) is 57.1 Å². The minimum absolute atomic E-state index is 0.271. The Kier molecular flexibility index (Phi) is 4.13. The van der Waals surface area contributed by atoms with Crippen LogP contribution in [-0.2, 0) is 10.0 Å². The average Bonchev–Trinajstić information content (AvgIpc) is 2.38. The van der Waals surface area contributed by atoms with Gasteiger partial charge in [0, 0.05) is 5.54 Å². The maximum absolute atomic E-state index is 12.3. The van der Waals surface area contributed by atoms with Crippen molar-refractivity contribution in [2.45, 2.75) is 30.2 Å². The van der Waals surface area contributed by atoms with Crippen LogP contribution in [0.2, 0.25) is 0 Å². The van der Waals surface area contributed by atoms with Crippen molar-refractivity contribution < 1.29 is 13.2 Å². The van der Waals surface area contributed by atoms with E-state index in [0.717, 1.165) is 25.9 Å². The lowest BCUT2D eigenvalue weighted by Gasteiger charge is -2.34. The Morgan fingerprint density at radius 3 is 2.32 bits per heavy atom. The molecule has 0 spiro atoms. The number of nitrogens with one attached hydrogen (secondary N) is 2. The number of benzene rings is 1. The van der Waals surface area contributed by atoms with E-state index in [0.29, 0.717) is 5.75 Å². The predicted octanol–water partition coefficient (Wildman–Crippen LogP) is 1.12. The van der Waals surface area contributed by atoms with Gasteiger partial charge in [-0.1, -0.05) is 0 Å². The number of methoxy groups -OCH3 is 1. The van der Waals surface area contributed by atoms with Crippen molar-refractivity contribution in [2.75, 3.05) is 20.2 Å². The zero-order valence-corrected chi connectivity index (χ0v) is 12.1. The van der Waals surface area contributed by atoms with Crippen molar-refractivity contribution in [2.24, 2.45) is 0 Å². The molecule has 0 amide bonds. The fourth-order valence-corrected chi connectivity index (χ4v) is 3.68. The van der Waals surface area contributed by atoms with E-state index in [1.165, 1.54) is 0 Å². The summed E-state index contributed by atoms with van der Waals surface area (Å²) in [6.45, 7) is 3.62. The number of rotatable bonds is 4. The topological polar surface area (TPSA) is 67.4 Å². The molecule has 0 aromatic heterocycles. The normalized spacial score (nSPS) is 19.1. The molecule has 19 heavy (non-hydrogen) atoms. The smallest absolute Gasteiger partial charge is 0.241 e. The van der Waals surface area contributed by atoms with Gasteiger partial charge in [0.05, 0.1) is 12.0 Å². The van der Waals surface area contributed by atoms with Crippen molar-refractivity contribution in [1.82, 2.24) is 10.0 Å². The van der Waals surface area contributed by atoms with E-state index in [9.17, 15) is 8.42 Å². The van der Waals surface area contributed by atoms with E-state index in [4.69, 9.17) is 4.74 Å². The van der Waals surface area contributed by atoms with Gasteiger partial charge >= 0.3 is 0 Å². The summed E-state index contributed by atoms with van der Waals surface area (Å²) in [4.78, 5) is 0.271. The van der Waals surface area contributed by atoms with E-state index in [1.807, 2.05) is 6.92 Å². The molecule has 1 aliphatic rings. The molecule has 0 atom stereocenters. The number of hydrogen-bond donors (Lipinski definition) is 2. The zero-order valence-electron chi connectivity index (χ0n) is 11.3. The van der Waals surface area contributed by atoms with Gasteiger partial charge in [0.15, 0.2) is 0 Å². The molecule has 0 bridgehead atoms. The molecule has 0 radical (unpaired) electrons. The van der Waals surface area contributed by atoms with Gasteiger partial charge in [-0.25, -0.2) is 13.1 Å². The van der Waals surface area contributed by atoms with Gasteiger partial charge in [0.2, 0.25) is 10.0 Å². The fraction of sp³-hybridized carbons (Fsp3) is 0.538. The van der Waals surface area contributed by atoms with Crippen LogP contribution in [0.1, 0.15) is 19.8 Å². The van der Waals surface area contributed by atoms with E-state index >= 15 is 0 Å². The molecule has 6 heteroatoms. The van der Waals surface area contributed by atoms with Crippen LogP contribution < -0.4 is 14.8 Å². The minimum atomic E-state index is -3.48. The van der Waals surface area contributed by atoms with Crippen molar-refractivity contribution in [1.29, 1.82) is 0 Å². The zero-order chi connectivity index (χ0) is 13.9. The first-order valence-electron chi connectivity index (χ1n) is 6.34. The second kappa shape index (κ2) is 5.48. The third kappa shape index (κ3) is 3.46. The van der Waals surface area contributed by atoms with Gasteiger partial charge in [-0.2, -0.15) is 0 Å². The molecule has 106 valence electrons. The first kappa shape index (κ1) is 14.3. The quantitative estimate of drug-likeness (QED) is 0.869. The van der Waals surface area contributed by atoms with Gasteiger partial charge in [-0.3, -0.25) is 0 Å². The molecule has 0 aliphatic carbocycles. The van der Waals surface area contributed by atoms with Crippen LogP contribution in [0.4, 0.5) is 0 Å². The molecule has 0 saturated carbocycles. The Bertz CT molecular complexity index is 519. The molecule has 1 aliphatic heterocycles. The maximum atomic E-state index is 12.3. The first-order valence-corrected chi connectivity index (χ1v) is 7.82. The lowest BCUT2D eigenvalue weighted by Crippen LogP contribution is -2.52. The Labute approximate surface area is 114 Å². The van der Waals surface area contributed by atoms with Gasteiger partial charge < -0.3 is 10.1 Å². The predicted molar refractivity (Wildman–Crippen MR) is 73.8 cm³/mol. The van der Waals surface area contributed by atoms with Crippen LogP contribution in [0, 0.1) is 0 Å². The van der Waals surface area contributed by atoms with Crippen molar-refractivity contribution >= 4 is 10.0 Å². The highest BCUT2D eigenvalue weighted by molar-refractivity contribution is 7.89. The highest BCUT2D eigenvalue weighted by Crippen LogP contribution is 2.22. The third-order valence-electron chi connectivity index (χ3n) is 3.46. The summed E-state index contributed by atoms with van der Waals surface area (Å²) in [5.74, 6) is 0.645. The molecule has 0 unspecified atom stereocenters. The molecular formula is C13H20N2O3S. The molecule has 1 fully saturated rings. The summed E-state index contributed by atoms with van der Waals surface area (Å²) in [5, 5.41) is 3.23. The SMILES string of the molecule is COc1ccc(S(=O)(=O)NC2(C)CCNCC2)cc1. The molecule has 1 heterocycles. The van der Waals surface area contributed by atoms with Crippen LogP contribution in [0.3, 0.4) is 0 Å². The van der Waals surface area contributed by atoms with Gasteiger partial charge in [0.25, 0.3) is 0 Å². The van der Waals surface area contributed by atoms with Crippen LogP contribution in [-0.4, -0.2) is 34.2 Å². The van der Waals surface area contributed by atoms with Crippen LogP contribution in [0.25, 0.3) is 0 Å². The summed E-state index contributed by atoms with van der Waals surface area (Å²) in [6, 6.07) is 6.43. The number of sulfonamides is 1. The highest BCUT2D eigenvalue weighted by atomic mass is 32.2. The molecular weight excluding hydrogens is 264 g/mol. The molecule has 1 aromatic rings. The lowest BCUT2D eigenvalue weighted by atomic mass is 9.92. The first-order chi connectivity index (χ1) is 8.95. The second-order valence-electron chi connectivity index (χ2n) is 5.09. The van der Waals surface area contributed by atoms with Crippen molar-refractivity contribution in [3.63, 3.8) is 0 Å². The average molecular weight is 284 g/mol. The summed E-state index contributed by atoms with van der Waals surface area (Å²) in [5.41, 5.74) is -0.371. The Morgan fingerprint density at radius 1 is 1.21 bits per heavy atom. The van der Waals surface area contributed by atoms with Crippen molar-refractivity contribution in [3.05, 3.63) is 24.3 Å². The molecule has 2 rings (SSSR count). The monoisotopic (exact) mass is 284 g/mol. The minimum Gasteiger partial charge on any atom is -0.497 e. The summed E-state index contributed by atoms with van der Waals surface area (Å²) in [7, 11) is -1.92. The van der Waals surface area contributed by atoms with Crippen LogP contribution in [0.5, 0.6) is 5.75 Å². The highest BCUT2D eigenvalue weighted by Gasteiger charge is 2.31. The summed E-state index contributed by atoms with van der Waals surface area (Å²) < 4.78 is 32.5. The van der Waals surface area contributed by atoms with Crippen LogP contribution in [0.15, 0.2) is 29.2 Å². The summed E-state index contributed by atoms with van der Waals surface area (Å²) in [6.07, 6.45) is 1.59. The number of ether oxygens (including phenoxy) is 1. The van der Waals surface area contributed by atoms with E-state index < -0.39 is 10.0 Å². The standard InChI is InChI=1S/C13H20N2O3S/c1-13(7-9-14-10-8-13)15-19(16,17)12-5-3-11(18-2)4-6-12/h3-6,14-15H,7-10H2,1-2H3. The Morgan fingerprint density at radius 2 is 1.79 bits per heavy atom. The fourth-order valence-electron chi connectivity index (χ4n) is 2.22. The van der Waals surface area contributed by atoms with Crippen LogP contribution >= 0.6 is 0 Å². The molecule has 1 saturated heterocycles. The molecule has 5 nitrogen and oxygen atoms in total. The molecule has 1 aromatic carbocycles. The number of piperidine rings is 1. The largest absolute Gasteiger partial charge is 0.497 e. The van der Waals surface area contributed by atoms with E-state index in [-0.39, 0.29) is 10.4 Å². The van der Waals surface area contributed by atoms with E-state index in [1.54, 1.807) is 31.4 Å². The summed E-state index contributed by atoms with van der Waals surface area (Å²) >= 11 is 0. The second-order valence-corrected chi connectivity index (χ2v) is 6.77. The Balaban J connectivity index is 2.17. The maximum Gasteiger partial charge on any atom is 0.241 e. The van der Waals surface area contributed by atoms with Gasteiger partial charge in [-0.15, -0.1) is 0 Å². The lowest BCUT2D eigenvalue weighted by molar-refractivity contribution is 0.308. The van der Waals surface area contributed by atoms with Crippen molar-refractivity contribution in [3.8, 4) is 5.75 Å². The van der Waals surface area contributed by atoms with Gasteiger partial charge in [0.1, 0.15) is 5.75 Å². The third-order valence-corrected chi connectivity index (χ3v) is 5.11. The number of hydrogen-bond acceptors (Lipinski definition) is 4. The van der Waals surface area contributed by atoms with E-state index in [2.05, 4.69) is 10.0 Å². The Hall–Kier alpha value is -1.11. The molecule has 2 N–H and O–H groups in total.